The van der Waals surface area contributed by atoms with E-state index < -0.39 is 0 Å². The van der Waals surface area contributed by atoms with Crippen molar-refractivity contribution in [3.63, 3.8) is 0 Å². The molecule has 1 aromatic rings. The van der Waals surface area contributed by atoms with Gasteiger partial charge < -0.3 is 16.0 Å². The molecule has 0 saturated heterocycles. The molecule has 0 spiro atoms. The van der Waals surface area contributed by atoms with Gasteiger partial charge in [0.1, 0.15) is 0 Å². The second-order valence-corrected chi connectivity index (χ2v) is 5.43. The molecule has 0 aliphatic heterocycles. The monoisotopic (exact) mass is 313 g/mol. The van der Waals surface area contributed by atoms with Crippen LogP contribution in [0.5, 0.6) is 0 Å². The van der Waals surface area contributed by atoms with E-state index in [-0.39, 0.29) is 17.5 Å². The fraction of sp³-hybridized carbons (Fsp3) is 0.500. The number of amides is 1. The minimum atomic E-state index is -0.243. The first-order chi connectivity index (χ1) is 8.61. The Labute approximate surface area is 113 Å². The molecule has 5 nitrogen and oxygen atoms in total. The lowest BCUT2D eigenvalue weighted by molar-refractivity contribution is 0.0928. The standard InChI is InChI=1S/C12H16BrN3O2/c13-9-4-8(6-15-12(9)18)11(17)16-10-3-1-2-7(10)5-14/h4,6-7,10H,1-3,5,14H2,(H,15,18)(H,16,17). The summed E-state index contributed by atoms with van der Waals surface area (Å²) < 4.78 is 0.358. The van der Waals surface area contributed by atoms with Gasteiger partial charge in [-0.3, -0.25) is 9.59 Å². The highest BCUT2D eigenvalue weighted by molar-refractivity contribution is 9.10. The lowest BCUT2D eigenvalue weighted by Gasteiger charge is -2.19. The quantitative estimate of drug-likeness (QED) is 0.777. The van der Waals surface area contributed by atoms with Crippen LogP contribution in [0.2, 0.25) is 0 Å². The second kappa shape index (κ2) is 5.67. The lowest BCUT2D eigenvalue weighted by atomic mass is 10.0. The molecular weight excluding hydrogens is 298 g/mol. The smallest absolute Gasteiger partial charge is 0.262 e. The predicted octanol–water partition coefficient (Wildman–Crippen LogP) is 0.995. The van der Waals surface area contributed by atoms with E-state index in [0.29, 0.717) is 22.5 Å². The lowest BCUT2D eigenvalue weighted by Crippen LogP contribution is -2.40. The van der Waals surface area contributed by atoms with Gasteiger partial charge in [0.2, 0.25) is 0 Å². The van der Waals surface area contributed by atoms with E-state index in [4.69, 9.17) is 5.73 Å². The van der Waals surface area contributed by atoms with E-state index in [2.05, 4.69) is 26.2 Å². The number of aromatic nitrogens is 1. The summed E-state index contributed by atoms with van der Waals surface area (Å²) in [7, 11) is 0. The van der Waals surface area contributed by atoms with Gasteiger partial charge in [-0.25, -0.2) is 0 Å². The van der Waals surface area contributed by atoms with Gasteiger partial charge in [-0.15, -0.1) is 0 Å². The fourth-order valence-electron chi connectivity index (χ4n) is 2.35. The average molecular weight is 314 g/mol. The third kappa shape index (κ3) is 2.81. The SMILES string of the molecule is NCC1CCCC1NC(=O)c1c[nH]c(=O)c(Br)c1. The van der Waals surface area contributed by atoms with E-state index >= 15 is 0 Å². The van der Waals surface area contributed by atoms with Crippen molar-refractivity contribution in [2.75, 3.05) is 6.54 Å². The number of hydrogen-bond acceptors (Lipinski definition) is 3. The van der Waals surface area contributed by atoms with Crippen molar-refractivity contribution in [2.24, 2.45) is 11.7 Å². The maximum atomic E-state index is 12.0. The first kappa shape index (κ1) is 13.3. The maximum absolute atomic E-state index is 12.0. The zero-order chi connectivity index (χ0) is 13.1. The van der Waals surface area contributed by atoms with Crippen LogP contribution in [0.3, 0.4) is 0 Å². The van der Waals surface area contributed by atoms with E-state index in [1.54, 1.807) is 0 Å². The van der Waals surface area contributed by atoms with Crippen molar-refractivity contribution < 1.29 is 4.79 Å². The number of nitrogens with one attached hydrogen (secondary N) is 2. The van der Waals surface area contributed by atoms with Crippen molar-refractivity contribution in [1.82, 2.24) is 10.3 Å². The Balaban J connectivity index is 2.07. The fourth-order valence-corrected chi connectivity index (χ4v) is 2.71. The Morgan fingerprint density at radius 3 is 3.00 bits per heavy atom. The van der Waals surface area contributed by atoms with E-state index in [0.717, 1.165) is 19.3 Å². The van der Waals surface area contributed by atoms with Gasteiger partial charge >= 0.3 is 0 Å². The average Bonchev–Trinajstić information content (AvgIpc) is 2.79. The zero-order valence-corrected chi connectivity index (χ0v) is 11.5. The van der Waals surface area contributed by atoms with Crippen LogP contribution in [-0.2, 0) is 0 Å². The summed E-state index contributed by atoms with van der Waals surface area (Å²) in [6, 6.07) is 1.67. The van der Waals surface area contributed by atoms with Crippen molar-refractivity contribution in [2.45, 2.75) is 25.3 Å². The molecule has 1 amide bonds. The number of nitrogens with two attached hydrogens (primary N) is 1. The van der Waals surface area contributed by atoms with Crippen molar-refractivity contribution in [1.29, 1.82) is 0 Å². The number of pyridine rings is 1. The highest BCUT2D eigenvalue weighted by Gasteiger charge is 2.27. The first-order valence-electron chi connectivity index (χ1n) is 6.01. The van der Waals surface area contributed by atoms with Crippen molar-refractivity contribution in [3.8, 4) is 0 Å². The van der Waals surface area contributed by atoms with Crippen LogP contribution in [0, 0.1) is 5.92 Å². The van der Waals surface area contributed by atoms with Crippen LogP contribution in [0.15, 0.2) is 21.5 Å². The molecule has 2 unspecified atom stereocenters. The molecule has 1 saturated carbocycles. The third-order valence-electron chi connectivity index (χ3n) is 3.40. The molecule has 1 fully saturated rings. The highest BCUT2D eigenvalue weighted by atomic mass is 79.9. The van der Waals surface area contributed by atoms with Gasteiger partial charge in [-0.05, 0) is 47.3 Å². The summed E-state index contributed by atoms with van der Waals surface area (Å²) in [5, 5.41) is 2.98. The normalized spacial score (nSPS) is 23.0. The summed E-state index contributed by atoms with van der Waals surface area (Å²) >= 11 is 3.11. The first-order valence-corrected chi connectivity index (χ1v) is 6.80. The van der Waals surface area contributed by atoms with Crippen molar-refractivity contribution in [3.05, 3.63) is 32.7 Å². The minimum Gasteiger partial charge on any atom is -0.349 e. The molecule has 0 aromatic carbocycles. The number of halogens is 1. The van der Waals surface area contributed by atoms with E-state index in [1.807, 2.05) is 0 Å². The van der Waals surface area contributed by atoms with Gasteiger partial charge in [-0.2, -0.15) is 0 Å². The Morgan fingerprint density at radius 1 is 1.56 bits per heavy atom. The molecule has 98 valence electrons. The van der Waals surface area contributed by atoms with Crippen LogP contribution in [0.4, 0.5) is 0 Å². The minimum absolute atomic E-state index is 0.146. The number of carbonyl (C=O) groups excluding carboxylic acids is 1. The van der Waals surface area contributed by atoms with Gasteiger partial charge in [-0.1, -0.05) is 6.42 Å². The number of carbonyl (C=O) groups is 1. The molecule has 0 radical (unpaired) electrons. The van der Waals surface area contributed by atoms with E-state index in [1.165, 1.54) is 12.3 Å². The van der Waals surface area contributed by atoms with Crippen LogP contribution in [0.1, 0.15) is 29.6 Å². The summed E-state index contributed by atoms with van der Waals surface area (Å²) in [5.41, 5.74) is 5.88. The van der Waals surface area contributed by atoms with Crippen LogP contribution < -0.4 is 16.6 Å². The molecule has 18 heavy (non-hydrogen) atoms. The highest BCUT2D eigenvalue weighted by Crippen LogP contribution is 2.24. The molecule has 4 N–H and O–H groups in total. The molecule has 1 heterocycles. The Hall–Kier alpha value is -1.14. The Morgan fingerprint density at radius 2 is 2.33 bits per heavy atom. The maximum Gasteiger partial charge on any atom is 0.262 e. The number of H-pyrrole nitrogens is 1. The van der Waals surface area contributed by atoms with Gasteiger partial charge in [0.25, 0.3) is 11.5 Å². The van der Waals surface area contributed by atoms with E-state index in [9.17, 15) is 9.59 Å². The van der Waals surface area contributed by atoms with Crippen LogP contribution in [-0.4, -0.2) is 23.5 Å². The largest absolute Gasteiger partial charge is 0.349 e. The summed E-state index contributed by atoms with van der Waals surface area (Å²) in [5.74, 6) is 0.192. The molecule has 1 aliphatic carbocycles. The number of aromatic amines is 1. The van der Waals surface area contributed by atoms with Gasteiger partial charge in [0, 0.05) is 12.2 Å². The van der Waals surface area contributed by atoms with Gasteiger partial charge in [0.05, 0.1) is 10.0 Å². The number of hydrogen-bond donors (Lipinski definition) is 3. The van der Waals surface area contributed by atoms with Crippen molar-refractivity contribution >= 4 is 21.8 Å². The Bertz CT molecular complexity index is 500. The second-order valence-electron chi connectivity index (χ2n) is 4.57. The van der Waals surface area contributed by atoms with Crippen LogP contribution in [0.25, 0.3) is 0 Å². The van der Waals surface area contributed by atoms with Crippen LogP contribution >= 0.6 is 15.9 Å². The molecule has 1 aliphatic rings. The van der Waals surface area contributed by atoms with Gasteiger partial charge in [0.15, 0.2) is 0 Å². The molecule has 1 aromatic heterocycles. The summed E-state index contributed by atoms with van der Waals surface area (Å²) in [6.07, 6.45) is 4.56. The molecule has 6 heteroatoms. The number of rotatable bonds is 3. The Kier molecular flexibility index (Phi) is 4.19. The summed E-state index contributed by atoms with van der Waals surface area (Å²) in [4.78, 5) is 25.7. The molecule has 2 rings (SSSR count). The predicted molar refractivity (Wildman–Crippen MR) is 72.4 cm³/mol. The zero-order valence-electron chi connectivity index (χ0n) is 9.91. The molecular formula is C12H16BrN3O2. The third-order valence-corrected chi connectivity index (χ3v) is 3.99. The topological polar surface area (TPSA) is 88.0 Å². The summed E-state index contributed by atoms with van der Waals surface area (Å²) in [6.45, 7) is 0.597. The molecule has 2 atom stereocenters. The molecule has 0 bridgehead atoms.